The molecule has 0 atom stereocenters. The standard InChI is InChI=1S/C14H13ClN4O2/c1-18(10-6-4-3-5-7-10)12(20)9-21-14-11(8-16)13(15)17-19(14)2/h3-7H,9H2,1-2H3. The quantitative estimate of drug-likeness (QED) is 0.866. The summed E-state index contributed by atoms with van der Waals surface area (Å²) in [5, 5.41) is 12.9. The third-order valence-corrected chi connectivity index (χ3v) is 3.18. The minimum Gasteiger partial charge on any atom is -0.467 e. The molecule has 0 bridgehead atoms. The van der Waals surface area contributed by atoms with Gasteiger partial charge in [-0.3, -0.25) is 4.79 Å². The highest BCUT2D eigenvalue weighted by atomic mass is 35.5. The highest BCUT2D eigenvalue weighted by Crippen LogP contribution is 2.24. The van der Waals surface area contributed by atoms with Gasteiger partial charge < -0.3 is 9.64 Å². The summed E-state index contributed by atoms with van der Waals surface area (Å²) in [5.41, 5.74) is 0.879. The first kappa shape index (κ1) is 14.9. The van der Waals surface area contributed by atoms with E-state index in [-0.39, 0.29) is 29.1 Å². The Hall–Kier alpha value is -2.52. The monoisotopic (exact) mass is 304 g/mol. The average molecular weight is 305 g/mol. The molecule has 0 aliphatic carbocycles. The molecule has 0 N–H and O–H groups in total. The fourth-order valence-corrected chi connectivity index (χ4v) is 2.00. The van der Waals surface area contributed by atoms with Gasteiger partial charge in [0.15, 0.2) is 17.3 Å². The predicted octanol–water partition coefficient (Wildman–Crippen LogP) is 1.99. The van der Waals surface area contributed by atoms with Gasteiger partial charge in [0.2, 0.25) is 5.88 Å². The molecule has 0 fully saturated rings. The fourth-order valence-electron chi connectivity index (χ4n) is 1.76. The van der Waals surface area contributed by atoms with Gasteiger partial charge in [0.1, 0.15) is 6.07 Å². The summed E-state index contributed by atoms with van der Waals surface area (Å²) in [7, 11) is 3.25. The van der Waals surface area contributed by atoms with Gasteiger partial charge in [0.25, 0.3) is 5.91 Å². The third-order valence-electron chi connectivity index (χ3n) is 2.91. The van der Waals surface area contributed by atoms with Gasteiger partial charge in [-0.1, -0.05) is 29.8 Å². The van der Waals surface area contributed by atoms with Gasteiger partial charge in [-0.05, 0) is 12.1 Å². The number of aryl methyl sites for hydroxylation is 1. The van der Waals surface area contributed by atoms with Gasteiger partial charge in [-0.2, -0.15) is 10.4 Å². The van der Waals surface area contributed by atoms with E-state index < -0.39 is 0 Å². The number of anilines is 1. The lowest BCUT2D eigenvalue weighted by Gasteiger charge is -2.17. The van der Waals surface area contributed by atoms with Crippen LogP contribution in [0.2, 0.25) is 5.15 Å². The van der Waals surface area contributed by atoms with E-state index in [2.05, 4.69) is 5.10 Å². The highest BCUT2D eigenvalue weighted by molar-refractivity contribution is 6.30. The number of carbonyl (C=O) groups is 1. The van der Waals surface area contributed by atoms with E-state index in [0.717, 1.165) is 5.69 Å². The van der Waals surface area contributed by atoms with Crippen LogP contribution in [0.1, 0.15) is 5.56 Å². The molecule has 1 heterocycles. The molecule has 1 amide bonds. The summed E-state index contributed by atoms with van der Waals surface area (Å²) >= 11 is 5.79. The van der Waals surface area contributed by atoms with E-state index in [9.17, 15) is 4.79 Å². The first-order valence-corrected chi connectivity index (χ1v) is 6.49. The van der Waals surface area contributed by atoms with Crippen molar-refractivity contribution in [2.75, 3.05) is 18.6 Å². The molecule has 0 radical (unpaired) electrons. The second-order valence-electron chi connectivity index (χ2n) is 4.28. The molecule has 1 aromatic carbocycles. The highest BCUT2D eigenvalue weighted by Gasteiger charge is 2.18. The molecule has 0 aliphatic heterocycles. The van der Waals surface area contributed by atoms with Gasteiger partial charge >= 0.3 is 0 Å². The number of hydrogen-bond donors (Lipinski definition) is 0. The summed E-state index contributed by atoms with van der Waals surface area (Å²) in [6, 6.07) is 11.1. The molecule has 21 heavy (non-hydrogen) atoms. The Balaban J connectivity index is 2.07. The fraction of sp³-hybridized carbons (Fsp3) is 0.214. The first-order valence-electron chi connectivity index (χ1n) is 6.11. The molecule has 2 aromatic rings. The number of amides is 1. The smallest absolute Gasteiger partial charge is 0.264 e. The van der Waals surface area contributed by atoms with Crippen LogP contribution < -0.4 is 9.64 Å². The van der Waals surface area contributed by atoms with Gasteiger partial charge in [0.05, 0.1) is 0 Å². The molecular weight excluding hydrogens is 292 g/mol. The van der Waals surface area contributed by atoms with Crippen molar-refractivity contribution in [2.24, 2.45) is 7.05 Å². The van der Waals surface area contributed by atoms with Gasteiger partial charge in [-0.25, -0.2) is 4.68 Å². The molecule has 0 aliphatic rings. The van der Waals surface area contributed by atoms with Crippen molar-refractivity contribution in [1.82, 2.24) is 9.78 Å². The number of carbonyl (C=O) groups excluding carboxylic acids is 1. The first-order chi connectivity index (χ1) is 10.0. The maximum atomic E-state index is 12.1. The van der Waals surface area contributed by atoms with Crippen molar-refractivity contribution in [3.05, 3.63) is 41.0 Å². The van der Waals surface area contributed by atoms with Crippen LogP contribution in [-0.2, 0) is 11.8 Å². The van der Waals surface area contributed by atoms with Crippen molar-refractivity contribution in [1.29, 1.82) is 5.26 Å². The SMILES string of the molecule is CN(C(=O)COc1c(C#N)c(Cl)nn1C)c1ccccc1. The Morgan fingerprint density at radius 1 is 1.48 bits per heavy atom. The van der Waals surface area contributed by atoms with E-state index in [0.29, 0.717) is 0 Å². The van der Waals surface area contributed by atoms with E-state index in [1.807, 2.05) is 36.4 Å². The number of hydrogen-bond acceptors (Lipinski definition) is 4. The second-order valence-corrected chi connectivity index (χ2v) is 4.64. The predicted molar refractivity (Wildman–Crippen MR) is 78.3 cm³/mol. The molecule has 0 saturated heterocycles. The van der Waals surface area contributed by atoms with Crippen LogP contribution in [0.4, 0.5) is 5.69 Å². The number of likely N-dealkylation sites (N-methyl/N-ethyl adjacent to an activating group) is 1. The number of para-hydroxylation sites is 1. The Labute approximate surface area is 127 Å². The van der Waals surface area contributed by atoms with Crippen molar-refractivity contribution < 1.29 is 9.53 Å². The zero-order valence-electron chi connectivity index (χ0n) is 11.6. The number of ether oxygens (including phenoxy) is 1. The zero-order chi connectivity index (χ0) is 15.4. The minimum absolute atomic E-state index is 0.0545. The molecule has 6 nitrogen and oxygen atoms in total. The molecular formula is C14H13ClN4O2. The lowest BCUT2D eigenvalue weighted by molar-refractivity contribution is -0.120. The normalized spacial score (nSPS) is 10.0. The number of rotatable bonds is 4. The van der Waals surface area contributed by atoms with Crippen LogP contribution in [0.5, 0.6) is 5.88 Å². The summed E-state index contributed by atoms with van der Waals surface area (Å²) in [6.45, 7) is -0.212. The van der Waals surface area contributed by atoms with Gasteiger partial charge in [0, 0.05) is 19.8 Å². The Kier molecular flexibility index (Phi) is 4.45. The Morgan fingerprint density at radius 2 is 2.14 bits per heavy atom. The van der Waals surface area contributed by atoms with Gasteiger partial charge in [-0.15, -0.1) is 0 Å². The number of nitriles is 1. The largest absolute Gasteiger partial charge is 0.467 e. The molecule has 0 spiro atoms. The number of nitrogens with zero attached hydrogens (tertiary/aromatic N) is 4. The summed E-state index contributed by atoms with van der Waals surface area (Å²) in [4.78, 5) is 13.6. The Morgan fingerprint density at radius 3 is 2.76 bits per heavy atom. The van der Waals surface area contributed by atoms with Crippen molar-refractivity contribution in [2.45, 2.75) is 0 Å². The van der Waals surface area contributed by atoms with Crippen molar-refractivity contribution in [3.63, 3.8) is 0 Å². The number of benzene rings is 1. The number of aromatic nitrogens is 2. The van der Waals surface area contributed by atoms with E-state index in [1.165, 1.54) is 9.58 Å². The van der Waals surface area contributed by atoms with Crippen LogP contribution in [0, 0.1) is 11.3 Å². The summed E-state index contributed by atoms with van der Waals surface area (Å²) in [6.07, 6.45) is 0. The van der Waals surface area contributed by atoms with Crippen molar-refractivity contribution >= 4 is 23.2 Å². The molecule has 108 valence electrons. The molecule has 0 saturated carbocycles. The van der Waals surface area contributed by atoms with Crippen LogP contribution in [0.15, 0.2) is 30.3 Å². The molecule has 2 rings (SSSR count). The van der Waals surface area contributed by atoms with E-state index in [1.54, 1.807) is 14.1 Å². The maximum Gasteiger partial charge on any atom is 0.264 e. The topological polar surface area (TPSA) is 71.2 Å². The zero-order valence-corrected chi connectivity index (χ0v) is 12.3. The van der Waals surface area contributed by atoms with Crippen LogP contribution in [0.3, 0.4) is 0 Å². The minimum atomic E-state index is -0.248. The van der Waals surface area contributed by atoms with Crippen LogP contribution in [0.25, 0.3) is 0 Å². The third kappa shape index (κ3) is 3.15. The molecule has 0 unspecified atom stereocenters. The molecule has 1 aromatic heterocycles. The van der Waals surface area contributed by atoms with E-state index in [4.69, 9.17) is 21.6 Å². The average Bonchev–Trinajstić information content (AvgIpc) is 2.78. The maximum absolute atomic E-state index is 12.1. The lowest BCUT2D eigenvalue weighted by Crippen LogP contribution is -2.31. The summed E-state index contributed by atoms with van der Waals surface area (Å²) < 4.78 is 6.72. The Bertz CT molecular complexity index is 691. The lowest BCUT2D eigenvalue weighted by atomic mass is 10.3. The number of halogens is 1. The van der Waals surface area contributed by atoms with Crippen molar-refractivity contribution in [3.8, 4) is 11.9 Å². The second kappa shape index (κ2) is 6.29. The summed E-state index contributed by atoms with van der Waals surface area (Å²) in [5.74, 6) is -0.0697. The molecule has 7 heteroatoms. The van der Waals surface area contributed by atoms with E-state index >= 15 is 0 Å². The van der Waals surface area contributed by atoms with Crippen LogP contribution >= 0.6 is 11.6 Å². The van der Waals surface area contributed by atoms with Crippen LogP contribution in [-0.4, -0.2) is 29.3 Å².